The first-order valence-corrected chi connectivity index (χ1v) is 5.40. The Labute approximate surface area is 133 Å². The van der Waals surface area contributed by atoms with E-state index in [1.165, 1.54) is 0 Å². The van der Waals surface area contributed by atoms with Gasteiger partial charge in [0.2, 0.25) is 0 Å². The quantitative estimate of drug-likeness (QED) is 0.175. The van der Waals surface area contributed by atoms with Crippen molar-refractivity contribution >= 4 is 17.9 Å². The predicted molar refractivity (Wildman–Crippen MR) is 71.8 cm³/mol. The zero-order valence-electron chi connectivity index (χ0n) is 12.2. The SMILES string of the molecule is CC(=O)O.CC(=O)O.CC(=O)O.NCC(CCO)NN.[Ni]. The van der Waals surface area contributed by atoms with Crippen molar-refractivity contribution in [2.45, 2.75) is 33.2 Å². The number of nitrogens with two attached hydrogens (primary N) is 2. The van der Waals surface area contributed by atoms with Gasteiger partial charge in [0.05, 0.1) is 0 Å². The Bertz CT molecular complexity index is 210. The van der Waals surface area contributed by atoms with Crippen LogP contribution in [0.3, 0.4) is 0 Å². The molecule has 0 saturated carbocycles. The van der Waals surface area contributed by atoms with Gasteiger partial charge in [0.25, 0.3) is 17.9 Å². The number of hydrogen-bond acceptors (Lipinski definition) is 7. The predicted octanol–water partition coefficient (Wildman–Crippen LogP) is -1.57. The molecule has 0 aromatic rings. The summed E-state index contributed by atoms with van der Waals surface area (Å²) in [6, 6.07) is 0.0556. The van der Waals surface area contributed by atoms with Crippen LogP contribution in [0.2, 0.25) is 0 Å². The van der Waals surface area contributed by atoms with Gasteiger partial charge in [-0.05, 0) is 6.42 Å². The first-order chi connectivity index (χ1) is 9.04. The monoisotopic (exact) mass is 357 g/mol. The molecule has 0 aliphatic heterocycles. The molecule has 10 nitrogen and oxygen atoms in total. The summed E-state index contributed by atoms with van der Waals surface area (Å²) in [5.41, 5.74) is 7.68. The van der Waals surface area contributed by atoms with Gasteiger partial charge in [-0.3, -0.25) is 25.7 Å². The molecular weight excluding hydrogens is 333 g/mol. The number of aliphatic hydroxyl groups excluding tert-OH is 1. The number of carboxylic acids is 3. The molecule has 1 unspecified atom stereocenters. The van der Waals surface area contributed by atoms with Crippen LogP contribution in [0.5, 0.6) is 0 Å². The number of aliphatic carboxylic acids is 3. The molecule has 0 aromatic carbocycles. The van der Waals surface area contributed by atoms with E-state index in [0.29, 0.717) is 13.0 Å². The van der Waals surface area contributed by atoms with Crippen molar-refractivity contribution in [3.05, 3.63) is 0 Å². The summed E-state index contributed by atoms with van der Waals surface area (Å²) in [5.74, 6) is 2.53. The van der Waals surface area contributed by atoms with Gasteiger partial charge >= 0.3 is 0 Å². The summed E-state index contributed by atoms with van der Waals surface area (Å²) < 4.78 is 0. The number of nitrogens with one attached hydrogen (secondary N) is 1. The van der Waals surface area contributed by atoms with Crippen LogP contribution in [0.15, 0.2) is 0 Å². The standard InChI is InChI=1S/C4H13N3O.3C2H4O2.Ni/c5-3-4(7-6)1-2-8;3*1-2(3)4;/h4,7-8H,1-3,5-6H2;3*1H3,(H,3,4);. The van der Waals surface area contributed by atoms with Crippen LogP contribution in [0.4, 0.5) is 0 Å². The smallest absolute Gasteiger partial charge is 0.300 e. The molecule has 132 valence electrons. The Morgan fingerprint density at radius 3 is 1.29 bits per heavy atom. The van der Waals surface area contributed by atoms with Crippen LogP contribution in [-0.4, -0.2) is 57.5 Å². The minimum atomic E-state index is -0.833. The van der Waals surface area contributed by atoms with Gasteiger partial charge in [-0.1, -0.05) is 0 Å². The normalized spacial score (nSPS) is 8.86. The van der Waals surface area contributed by atoms with Gasteiger partial charge in [0.15, 0.2) is 0 Å². The second-order valence-electron chi connectivity index (χ2n) is 3.17. The summed E-state index contributed by atoms with van der Waals surface area (Å²) in [4.78, 5) is 27.0. The minimum absolute atomic E-state index is 0. The van der Waals surface area contributed by atoms with E-state index in [4.69, 9.17) is 46.4 Å². The zero-order valence-corrected chi connectivity index (χ0v) is 13.2. The van der Waals surface area contributed by atoms with E-state index in [9.17, 15) is 0 Å². The number of hydrogen-bond donors (Lipinski definition) is 7. The Morgan fingerprint density at radius 2 is 1.24 bits per heavy atom. The first kappa shape index (κ1) is 31.9. The number of aliphatic hydroxyl groups is 1. The van der Waals surface area contributed by atoms with Crippen molar-refractivity contribution in [2.75, 3.05) is 13.2 Å². The van der Waals surface area contributed by atoms with Crippen molar-refractivity contribution in [1.82, 2.24) is 5.43 Å². The molecule has 11 heteroatoms. The Kier molecular flexibility index (Phi) is 41.3. The molecule has 9 N–H and O–H groups in total. The molecular formula is C10H25N3NiO7. The summed E-state index contributed by atoms with van der Waals surface area (Å²) in [6.45, 7) is 3.85. The summed E-state index contributed by atoms with van der Waals surface area (Å²) in [6.07, 6.45) is 0.618. The Morgan fingerprint density at radius 1 is 1.00 bits per heavy atom. The first-order valence-electron chi connectivity index (χ1n) is 5.40. The molecule has 0 radical (unpaired) electrons. The number of carboxylic acid groups (broad SMARTS) is 3. The fourth-order valence-corrected chi connectivity index (χ4v) is 0.425. The van der Waals surface area contributed by atoms with Crippen LogP contribution >= 0.6 is 0 Å². The second kappa shape index (κ2) is 27.1. The van der Waals surface area contributed by atoms with Crippen LogP contribution in [0.1, 0.15) is 27.2 Å². The number of rotatable bonds is 4. The maximum absolute atomic E-state index is 9.00. The molecule has 0 aromatic heterocycles. The maximum Gasteiger partial charge on any atom is 0.300 e. The van der Waals surface area contributed by atoms with Crippen LogP contribution in [0, 0.1) is 0 Å². The topological polar surface area (TPSA) is 196 Å². The fourth-order valence-electron chi connectivity index (χ4n) is 0.425. The van der Waals surface area contributed by atoms with E-state index in [-0.39, 0.29) is 29.1 Å². The van der Waals surface area contributed by atoms with Crippen molar-refractivity contribution in [2.24, 2.45) is 11.6 Å². The zero-order chi connectivity index (χ0) is 17.1. The molecule has 0 rings (SSSR count). The summed E-state index contributed by atoms with van der Waals surface area (Å²) >= 11 is 0. The molecule has 0 saturated heterocycles. The molecule has 0 aliphatic rings. The van der Waals surface area contributed by atoms with E-state index < -0.39 is 17.9 Å². The third-order valence-electron chi connectivity index (χ3n) is 0.998. The molecule has 1 atom stereocenters. The second-order valence-corrected chi connectivity index (χ2v) is 3.17. The van der Waals surface area contributed by atoms with E-state index in [1.54, 1.807) is 0 Å². The minimum Gasteiger partial charge on any atom is -0.481 e. The number of hydrazine groups is 1. The largest absolute Gasteiger partial charge is 0.481 e. The molecule has 21 heavy (non-hydrogen) atoms. The van der Waals surface area contributed by atoms with Crippen molar-refractivity contribution < 1.29 is 51.3 Å². The van der Waals surface area contributed by atoms with E-state index in [0.717, 1.165) is 20.8 Å². The molecule has 0 spiro atoms. The van der Waals surface area contributed by atoms with Crippen molar-refractivity contribution in [1.29, 1.82) is 0 Å². The fraction of sp³-hybridized carbons (Fsp3) is 0.700. The van der Waals surface area contributed by atoms with Gasteiger partial charge in [0, 0.05) is 56.5 Å². The van der Waals surface area contributed by atoms with Gasteiger partial charge in [-0.15, -0.1) is 0 Å². The van der Waals surface area contributed by atoms with Crippen molar-refractivity contribution in [3.8, 4) is 0 Å². The van der Waals surface area contributed by atoms with Crippen LogP contribution < -0.4 is 17.0 Å². The van der Waals surface area contributed by atoms with E-state index in [2.05, 4.69) is 5.43 Å². The van der Waals surface area contributed by atoms with Crippen molar-refractivity contribution in [3.63, 3.8) is 0 Å². The molecule has 0 heterocycles. The Hall–Kier alpha value is -1.26. The summed E-state index contributed by atoms with van der Waals surface area (Å²) in [5, 5.41) is 30.6. The molecule has 0 aliphatic carbocycles. The van der Waals surface area contributed by atoms with Gasteiger partial charge in [-0.2, -0.15) is 0 Å². The molecule has 0 amide bonds. The van der Waals surface area contributed by atoms with Crippen LogP contribution in [0.25, 0.3) is 0 Å². The molecule has 0 bridgehead atoms. The van der Waals surface area contributed by atoms with Gasteiger partial charge < -0.3 is 26.2 Å². The average molecular weight is 358 g/mol. The van der Waals surface area contributed by atoms with E-state index in [1.807, 2.05) is 0 Å². The Balaban J connectivity index is -0.0000000570. The van der Waals surface area contributed by atoms with Gasteiger partial charge in [-0.25, -0.2) is 0 Å². The third-order valence-corrected chi connectivity index (χ3v) is 0.998. The maximum atomic E-state index is 9.00. The van der Waals surface area contributed by atoms with E-state index >= 15 is 0 Å². The molecule has 0 fully saturated rings. The number of carbonyl (C=O) groups is 3. The van der Waals surface area contributed by atoms with Crippen LogP contribution in [-0.2, 0) is 30.9 Å². The van der Waals surface area contributed by atoms with Gasteiger partial charge in [0.1, 0.15) is 0 Å². The average Bonchev–Trinajstić information content (AvgIpc) is 2.23. The summed E-state index contributed by atoms with van der Waals surface area (Å²) in [7, 11) is 0. The third kappa shape index (κ3) is 159.